The molecule has 0 aromatic carbocycles. The van der Waals surface area contributed by atoms with Crippen molar-refractivity contribution in [1.29, 1.82) is 0 Å². The summed E-state index contributed by atoms with van der Waals surface area (Å²) in [6, 6.07) is 1.91. The zero-order chi connectivity index (χ0) is 14.0. The molecule has 0 N–H and O–H groups in total. The van der Waals surface area contributed by atoms with E-state index in [0.717, 1.165) is 44.5 Å². The maximum Gasteiger partial charge on any atom is 0.254 e. The molecule has 1 aromatic rings. The van der Waals surface area contributed by atoms with Crippen LogP contribution in [0.15, 0.2) is 16.8 Å². The van der Waals surface area contributed by atoms with Gasteiger partial charge in [-0.2, -0.15) is 11.3 Å². The highest BCUT2D eigenvalue weighted by Crippen LogP contribution is 2.42. The fraction of sp³-hybridized carbons (Fsp3) is 0.667. The summed E-state index contributed by atoms with van der Waals surface area (Å²) in [6.07, 6.45) is 3.40. The minimum atomic E-state index is 0.174. The highest BCUT2D eigenvalue weighted by atomic mass is 32.1. The predicted octanol–water partition coefficient (Wildman–Crippen LogP) is 2.41. The predicted molar refractivity (Wildman–Crippen MR) is 78.1 cm³/mol. The minimum absolute atomic E-state index is 0.174. The molecule has 1 atom stereocenters. The summed E-state index contributed by atoms with van der Waals surface area (Å²) >= 11 is 1.58. The quantitative estimate of drug-likeness (QED) is 0.859. The van der Waals surface area contributed by atoms with Crippen molar-refractivity contribution < 1.29 is 14.3 Å². The Morgan fingerprint density at radius 3 is 3.00 bits per heavy atom. The lowest BCUT2D eigenvalue weighted by molar-refractivity contribution is 0.0281. The van der Waals surface area contributed by atoms with Gasteiger partial charge in [0, 0.05) is 25.6 Å². The van der Waals surface area contributed by atoms with Crippen LogP contribution in [0.3, 0.4) is 0 Å². The van der Waals surface area contributed by atoms with Gasteiger partial charge in [-0.05, 0) is 36.1 Å². The normalized spacial score (nSPS) is 25.2. The van der Waals surface area contributed by atoms with E-state index < -0.39 is 0 Å². The van der Waals surface area contributed by atoms with Crippen molar-refractivity contribution in [2.75, 3.05) is 33.4 Å². The average Bonchev–Trinajstić information content (AvgIpc) is 3.10. The Morgan fingerprint density at radius 1 is 1.55 bits per heavy atom. The van der Waals surface area contributed by atoms with Gasteiger partial charge >= 0.3 is 0 Å². The third kappa shape index (κ3) is 2.75. The lowest BCUT2D eigenvalue weighted by atomic mass is 9.76. The number of hydrogen-bond donors (Lipinski definition) is 0. The summed E-state index contributed by atoms with van der Waals surface area (Å²) in [5, 5.41) is 3.89. The molecule has 0 bridgehead atoms. The van der Waals surface area contributed by atoms with Crippen LogP contribution < -0.4 is 0 Å². The number of hydrogen-bond acceptors (Lipinski definition) is 4. The van der Waals surface area contributed by atoms with Gasteiger partial charge in [0.25, 0.3) is 5.91 Å². The summed E-state index contributed by atoms with van der Waals surface area (Å²) in [5.41, 5.74) is 1.10. The zero-order valence-corrected chi connectivity index (χ0v) is 12.7. The van der Waals surface area contributed by atoms with Gasteiger partial charge in [0.15, 0.2) is 0 Å². The Hall–Kier alpha value is -0.910. The molecule has 3 rings (SSSR count). The molecule has 2 aliphatic heterocycles. The molecule has 110 valence electrons. The summed E-state index contributed by atoms with van der Waals surface area (Å²) in [4.78, 5) is 14.3. The van der Waals surface area contributed by atoms with E-state index in [0.29, 0.717) is 6.61 Å². The molecule has 0 aliphatic carbocycles. The van der Waals surface area contributed by atoms with E-state index in [-0.39, 0.29) is 17.4 Å². The topological polar surface area (TPSA) is 38.8 Å². The van der Waals surface area contributed by atoms with Crippen molar-refractivity contribution in [1.82, 2.24) is 4.90 Å². The molecule has 1 unspecified atom stereocenters. The lowest BCUT2D eigenvalue weighted by Crippen LogP contribution is -2.43. The summed E-state index contributed by atoms with van der Waals surface area (Å²) in [5.74, 6) is 0.174. The minimum Gasteiger partial charge on any atom is -0.382 e. The van der Waals surface area contributed by atoms with Crippen LogP contribution in [-0.2, 0) is 9.47 Å². The number of thiophene rings is 1. The van der Waals surface area contributed by atoms with Crippen LogP contribution in [-0.4, -0.2) is 50.3 Å². The highest BCUT2D eigenvalue weighted by molar-refractivity contribution is 7.08. The molecule has 0 saturated carbocycles. The Morgan fingerprint density at radius 2 is 2.35 bits per heavy atom. The van der Waals surface area contributed by atoms with Gasteiger partial charge in [0.1, 0.15) is 0 Å². The average molecular weight is 295 g/mol. The second kappa shape index (κ2) is 5.84. The first kappa shape index (κ1) is 14.0. The Labute approximate surface area is 123 Å². The maximum atomic E-state index is 12.3. The van der Waals surface area contributed by atoms with E-state index in [1.54, 1.807) is 18.4 Å². The first-order chi connectivity index (χ1) is 9.72. The van der Waals surface area contributed by atoms with Crippen LogP contribution in [0, 0.1) is 5.41 Å². The number of ether oxygens (including phenoxy) is 2. The number of carbonyl (C=O) groups excluding carboxylic acids is 1. The van der Waals surface area contributed by atoms with Crippen molar-refractivity contribution in [3.63, 3.8) is 0 Å². The SMILES string of the molecule is COCC1CC2(CCN(C(=O)c3ccsc3)CC2)CO1. The maximum absolute atomic E-state index is 12.3. The third-order valence-electron chi connectivity index (χ3n) is 4.52. The second-order valence-electron chi connectivity index (χ2n) is 5.90. The Bertz CT molecular complexity index is 452. The number of methoxy groups -OCH3 is 1. The number of nitrogens with zero attached hydrogens (tertiary/aromatic N) is 1. The molecule has 1 aromatic heterocycles. The van der Waals surface area contributed by atoms with Crippen LogP contribution in [0.2, 0.25) is 0 Å². The van der Waals surface area contributed by atoms with Gasteiger partial charge in [-0.1, -0.05) is 0 Å². The van der Waals surface area contributed by atoms with E-state index in [9.17, 15) is 4.79 Å². The first-order valence-electron chi connectivity index (χ1n) is 7.14. The molecule has 2 saturated heterocycles. The van der Waals surface area contributed by atoms with E-state index >= 15 is 0 Å². The fourth-order valence-electron chi connectivity index (χ4n) is 3.29. The largest absolute Gasteiger partial charge is 0.382 e. The molecular weight excluding hydrogens is 274 g/mol. The molecule has 20 heavy (non-hydrogen) atoms. The van der Waals surface area contributed by atoms with Crippen LogP contribution in [0.5, 0.6) is 0 Å². The van der Waals surface area contributed by atoms with Crippen LogP contribution >= 0.6 is 11.3 Å². The highest BCUT2D eigenvalue weighted by Gasteiger charge is 2.43. The number of carbonyl (C=O) groups is 1. The molecule has 1 spiro atoms. The van der Waals surface area contributed by atoms with Gasteiger partial charge in [-0.3, -0.25) is 4.79 Å². The van der Waals surface area contributed by atoms with Crippen LogP contribution in [0.25, 0.3) is 0 Å². The van der Waals surface area contributed by atoms with E-state index in [4.69, 9.17) is 9.47 Å². The second-order valence-corrected chi connectivity index (χ2v) is 6.68. The van der Waals surface area contributed by atoms with Crippen molar-refractivity contribution in [2.24, 2.45) is 5.41 Å². The summed E-state index contributed by atoms with van der Waals surface area (Å²) in [7, 11) is 1.72. The molecule has 3 heterocycles. The monoisotopic (exact) mass is 295 g/mol. The van der Waals surface area contributed by atoms with Crippen LogP contribution in [0.1, 0.15) is 29.6 Å². The number of likely N-dealkylation sites (tertiary alicyclic amines) is 1. The molecule has 2 fully saturated rings. The number of rotatable bonds is 3. The molecule has 4 nitrogen and oxygen atoms in total. The summed E-state index contributed by atoms with van der Waals surface area (Å²) in [6.45, 7) is 3.19. The Kier molecular flexibility index (Phi) is 4.10. The van der Waals surface area contributed by atoms with Gasteiger partial charge < -0.3 is 14.4 Å². The zero-order valence-electron chi connectivity index (χ0n) is 11.8. The van der Waals surface area contributed by atoms with Crippen molar-refractivity contribution in [3.8, 4) is 0 Å². The fourth-order valence-corrected chi connectivity index (χ4v) is 3.92. The summed E-state index contributed by atoms with van der Waals surface area (Å²) < 4.78 is 11.0. The standard InChI is InChI=1S/C15H21NO3S/c1-18-9-13-8-15(11-19-13)3-5-16(6-4-15)14(17)12-2-7-20-10-12/h2,7,10,13H,3-6,8-9,11H2,1H3. The Balaban J connectivity index is 1.56. The van der Waals surface area contributed by atoms with E-state index in [1.165, 1.54) is 0 Å². The van der Waals surface area contributed by atoms with Gasteiger partial charge in [-0.25, -0.2) is 0 Å². The molecule has 0 radical (unpaired) electrons. The molecule has 1 amide bonds. The third-order valence-corrected chi connectivity index (χ3v) is 5.20. The van der Waals surface area contributed by atoms with Crippen molar-refractivity contribution in [3.05, 3.63) is 22.4 Å². The van der Waals surface area contributed by atoms with Gasteiger partial charge in [0.2, 0.25) is 0 Å². The molecule has 5 heteroatoms. The number of amides is 1. The molecule has 2 aliphatic rings. The first-order valence-corrected chi connectivity index (χ1v) is 8.09. The lowest BCUT2D eigenvalue weighted by Gasteiger charge is -2.38. The molecular formula is C15H21NO3S. The van der Waals surface area contributed by atoms with Crippen molar-refractivity contribution >= 4 is 17.2 Å². The number of piperidine rings is 1. The smallest absolute Gasteiger partial charge is 0.254 e. The van der Waals surface area contributed by atoms with E-state index in [2.05, 4.69) is 0 Å². The van der Waals surface area contributed by atoms with Gasteiger partial charge in [-0.15, -0.1) is 0 Å². The van der Waals surface area contributed by atoms with Crippen molar-refractivity contribution in [2.45, 2.75) is 25.4 Å². The van der Waals surface area contributed by atoms with Crippen LogP contribution in [0.4, 0.5) is 0 Å². The van der Waals surface area contributed by atoms with E-state index in [1.807, 2.05) is 21.7 Å². The van der Waals surface area contributed by atoms with Gasteiger partial charge in [0.05, 0.1) is 24.9 Å².